The highest BCUT2D eigenvalue weighted by Gasteiger charge is 2.33. The minimum absolute atomic E-state index is 0.0955. The normalized spacial score (nSPS) is 15.4. The van der Waals surface area contributed by atoms with Crippen molar-refractivity contribution in [3.63, 3.8) is 0 Å². The van der Waals surface area contributed by atoms with Gasteiger partial charge in [0.25, 0.3) is 17.3 Å². The fraction of sp³-hybridized carbons (Fsp3) is 0. The number of nitro groups is 2. The van der Waals surface area contributed by atoms with Gasteiger partial charge >= 0.3 is 0 Å². The molecule has 2 aromatic rings. The predicted octanol–water partition coefficient (Wildman–Crippen LogP) is 4.67. The van der Waals surface area contributed by atoms with Crippen LogP contribution in [0.3, 0.4) is 0 Å². The van der Waals surface area contributed by atoms with Gasteiger partial charge in [-0.2, -0.15) is 0 Å². The number of halogens is 1. The van der Waals surface area contributed by atoms with E-state index in [0.717, 1.165) is 11.8 Å². The molecule has 0 aromatic heterocycles. The summed E-state index contributed by atoms with van der Waals surface area (Å²) in [5.74, 6) is -0.399. The summed E-state index contributed by atoms with van der Waals surface area (Å²) in [5, 5.41) is 21.8. The second kappa shape index (κ2) is 7.55. The molecule has 0 radical (unpaired) electrons. The lowest BCUT2D eigenvalue weighted by Crippen LogP contribution is -2.27. The van der Waals surface area contributed by atoms with Crippen LogP contribution in [0, 0.1) is 20.2 Å². The Hall–Kier alpha value is -2.63. The number of hydrogen-bond acceptors (Lipinski definition) is 7. The summed E-state index contributed by atoms with van der Waals surface area (Å²) in [7, 11) is 0. The number of carbonyl (C=O) groups is 1. The van der Waals surface area contributed by atoms with Gasteiger partial charge in [-0.05, 0) is 45.8 Å². The van der Waals surface area contributed by atoms with Crippen molar-refractivity contribution < 1.29 is 14.6 Å². The van der Waals surface area contributed by atoms with Crippen molar-refractivity contribution >= 4 is 73.3 Å². The van der Waals surface area contributed by atoms with Crippen molar-refractivity contribution in [2.24, 2.45) is 0 Å². The fourth-order valence-corrected chi connectivity index (χ4v) is 4.01. The van der Waals surface area contributed by atoms with E-state index < -0.39 is 15.8 Å². The van der Waals surface area contributed by atoms with Crippen LogP contribution in [-0.4, -0.2) is 20.1 Å². The number of anilines is 1. The molecule has 0 unspecified atom stereocenters. The van der Waals surface area contributed by atoms with Crippen LogP contribution in [0.25, 0.3) is 6.08 Å². The number of amides is 1. The summed E-state index contributed by atoms with van der Waals surface area (Å²) < 4.78 is 0.606. The van der Waals surface area contributed by atoms with Crippen LogP contribution in [0.2, 0.25) is 0 Å². The van der Waals surface area contributed by atoms with Crippen molar-refractivity contribution in [3.8, 4) is 0 Å². The Morgan fingerprint density at radius 2 is 1.74 bits per heavy atom. The summed E-state index contributed by atoms with van der Waals surface area (Å²) in [4.78, 5) is 35.0. The molecule has 8 nitrogen and oxygen atoms in total. The van der Waals surface area contributed by atoms with Crippen molar-refractivity contribution in [2.45, 2.75) is 0 Å². The molecule has 1 aliphatic rings. The van der Waals surface area contributed by atoms with Crippen molar-refractivity contribution in [2.75, 3.05) is 4.90 Å². The van der Waals surface area contributed by atoms with Crippen LogP contribution in [0.1, 0.15) is 5.56 Å². The van der Waals surface area contributed by atoms with Crippen LogP contribution < -0.4 is 4.90 Å². The molecular weight excluding hydrogens is 458 g/mol. The number of non-ortho nitro benzene ring substituents is 1. The Kier molecular flexibility index (Phi) is 5.35. The van der Waals surface area contributed by atoms with E-state index in [1.807, 2.05) is 0 Å². The zero-order valence-electron chi connectivity index (χ0n) is 13.2. The van der Waals surface area contributed by atoms with E-state index in [-0.39, 0.29) is 15.7 Å². The molecule has 0 spiro atoms. The minimum Gasteiger partial charge on any atom is -0.268 e. The first-order valence-electron chi connectivity index (χ1n) is 7.24. The molecule has 27 heavy (non-hydrogen) atoms. The van der Waals surface area contributed by atoms with Gasteiger partial charge in [-0.3, -0.25) is 29.9 Å². The molecule has 0 saturated carbocycles. The monoisotopic (exact) mass is 465 g/mol. The van der Waals surface area contributed by atoms with Gasteiger partial charge in [0.05, 0.1) is 24.9 Å². The van der Waals surface area contributed by atoms with Gasteiger partial charge in [0.2, 0.25) is 0 Å². The number of rotatable bonds is 4. The van der Waals surface area contributed by atoms with E-state index in [1.54, 1.807) is 6.07 Å². The van der Waals surface area contributed by atoms with Gasteiger partial charge in [0, 0.05) is 18.2 Å². The summed E-state index contributed by atoms with van der Waals surface area (Å²) in [6.45, 7) is 0. The lowest BCUT2D eigenvalue weighted by atomic mass is 10.2. The maximum absolute atomic E-state index is 12.7. The fourth-order valence-electron chi connectivity index (χ4n) is 2.32. The second-order valence-corrected chi connectivity index (χ2v) is 7.79. The Morgan fingerprint density at radius 1 is 1.07 bits per heavy atom. The van der Waals surface area contributed by atoms with Crippen LogP contribution in [0.15, 0.2) is 51.8 Å². The van der Waals surface area contributed by atoms with E-state index in [9.17, 15) is 25.0 Å². The molecule has 136 valence electrons. The van der Waals surface area contributed by atoms with E-state index >= 15 is 0 Å². The molecule has 1 fully saturated rings. The Morgan fingerprint density at radius 3 is 2.33 bits per heavy atom. The summed E-state index contributed by atoms with van der Waals surface area (Å²) in [6.07, 6.45) is 1.52. The van der Waals surface area contributed by atoms with E-state index in [1.165, 1.54) is 47.4 Å². The Balaban J connectivity index is 1.92. The average Bonchev–Trinajstić information content (AvgIpc) is 2.90. The molecule has 1 amide bonds. The second-order valence-electron chi connectivity index (χ2n) is 5.26. The molecular formula is C16H8BrN3O5S2. The van der Waals surface area contributed by atoms with Crippen LogP contribution in [-0.2, 0) is 4.79 Å². The maximum Gasteiger partial charge on any atom is 0.284 e. The standard InChI is InChI=1S/C16H8BrN3O5S2/c17-12-6-1-9(7-13(12)20(24)25)8-14-15(21)18(16(26)27-14)10-2-4-11(5-3-10)19(22)23/h1-8H/b14-8-. The van der Waals surface area contributed by atoms with Gasteiger partial charge < -0.3 is 0 Å². The summed E-state index contributed by atoms with van der Waals surface area (Å²) in [5.41, 5.74) is 0.680. The molecule has 1 heterocycles. The van der Waals surface area contributed by atoms with E-state index in [0.29, 0.717) is 20.6 Å². The lowest BCUT2D eigenvalue weighted by Gasteiger charge is -2.13. The minimum atomic E-state index is -0.533. The molecule has 0 N–H and O–H groups in total. The van der Waals surface area contributed by atoms with Gasteiger partial charge in [0.15, 0.2) is 4.32 Å². The highest BCUT2D eigenvalue weighted by Crippen LogP contribution is 2.37. The maximum atomic E-state index is 12.7. The van der Waals surface area contributed by atoms with Crippen molar-refractivity contribution in [1.29, 1.82) is 0 Å². The zero-order valence-corrected chi connectivity index (χ0v) is 16.4. The number of hydrogen-bond donors (Lipinski definition) is 0. The van der Waals surface area contributed by atoms with E-state index in [4.69, 9.17) is 12.2 Å². The number of nitrogens with zero attached hydrogens (tertiary/aromatic N) is 3. The molecule has 11 heteroatoms. The molecule has 3 rings (SSSR count). The van der Waals surface area contributed by atoms with Crippen LogP contribution >= 0.6 is 39.9 Å². The highest BCUT2D eigenvalue weighted by molar-refractivity contribution is 9.10. The molecule has 0 atom stereocenters. The smallest absolute Gasteiger partial charge is 0.268 e. The number of thiocarbonyl (C=S) groups is 1. The number of nitro benzene ring substituents is 2. The van der Waals surface area contributed by atoms with Crippen LogP contribution in [0.4, 0.5) is 17.1 Å². The van der Waals surface area contributed by atoms with Crippen molar-refractivity contribution in [3.05, 3.63) is 77.6 Å². The third-order valence-corrected chi connectivity index (χ3v) is 5.55. The molecule has 1 saturated heterocycles. The topological polar surface area (TPSA) is 107 Å². The number of carbonyl (C=O) groups excluding carboxylic acids is 1. The quantitative estimate of drug-likeness (QED) is 0.279. The SMILES string of the molecule is O=C1/C(=C/c2ccc(Br)c([N+](=O)[O-])c2)SC(=S)N1c1ccc([N+](=O)[O-])cc1. The van der Waals surface area contributed by atoms with E-state index in [2.05, 4.69) is 15.9 Å². The van der Waals surface area contributed by atoms with Gasteiger partial charge in [-0.25, -0.2) is 0 Å². The number of thioether (sulfide) groups is 1. The third-order valence-electron chi connectivity index (χ3n) is 3.58. The molecule has 0 bridgehead atoms. The largest absolute Gasteiger partial charge is 0.284 e. The summed E-state index contributed by atoms with van der Waals surface area (Å²) >= 11 is 9.41. The molecule has 2 aromatic carbocycles. The van der Waals surface area contributed by atoms with Crippen molar-refractivity contribution in [1.82, 2.24) is 0 Å². The highest BCUT2D eigenvalue weighted by atomic mass is 79.9. The van der Waals surface area contributed by atoms with Gasteiger partial charge in [0.1, 0.15) is 0 Å². The number of benzene rings is 2. The zero-order chi connectivity index (χ0) is 19.7. The lowest BCUT2D eigenvalue weighted by molar-refractivity contribution is -0.385. The van der Waals surface area contributed by atoms with Gasteiger partial charge in [-0.15, -0.1) is 0 Å². The summed E-state index contributed by atoms with van der Waals surface area (Å²) in [6, 6.07) is 9.97. The molecule has 0 aliphatic carbocycles. The third kappa shape index (κ3) is 3.89. The first-order valence-corrected chi connectivity index (χ1v) is 9.26. The first kappa shape index (κ1) is 19.1. The Labute approximate surface area is 170 Å². The first-order chi connectivity index (χ1) is 12.8. The predicted molar refractivity (Wildman–Crippen MR) is 110 cm³/mol. The molecule has 1 aliphatic heterocycles. The Bertz CT molecular complexity index is 1020. The average molecular weight is 466 g/mol. The van der Waals surface area contributed by atoms with Crippen LogP contribution in [0.5, 0.6) is 0 Å². The van der Waals surface area contributed by atoms with Gasteiger partial charge in [-0.1, -0.05) is 30.0 Å².